The maximum atomic E-state index is 12.2. The number of hydrogen-bond acceptors (Lipinski definition) is 6. The first-order valence-corrected chi connectivity index (χ1v) is 8.93. The Morgan fingerprint density at radius 1 is 1.33 bits per heavy atom. The van der Waals surface area contributed by atoms with Gasteiger partial charge in [-0.25, -0.2) is 4.98 Å². The number of aryl methyl sites for hydroxylation is 1. The molecule has 0 bridgehead atoms. The third-order valence-corrected chi connectivity index (χ3v) is 5.29. The minimum atomic E-state index is -0.324. The molecule has 124 valence electrons. The maximum absolute atomic E-state index is 12.2. The van der Waals surface area contributed by atoms with Gasteiger partial charge in [0, 0.05) is 16.3 Å². The highest BCUT2D eigenvalue weighted by molar-refractivity contribution is 7.16. The number of carbonyl (C=O) groups excluding carboxylic acids is 1. The van der Waals surface area contributed by atoms with Crippen LogP contribution >= 0.6 is 22.7 Å². The lowest BCUT2D eigenvalue weighted by Gasteiger charge is -2.07. The molecule has 0 saturated heterocycles. The second-order valence-electron chi connectivity index (χ2n) is 5.08. The molecule has 0 radical (unpaired) electrons. The van der Waals surface area contributed by atoms with Gasteiger partial charge in [-0.1, -0.05) is 0 Å². The largest absolute Gasteiger partial charge is 0.507 e. The molecule has 2 heterocycles. The van der Waals surface area contributed by atoms with Crippen LogP contribution in [0.4, 0.5) is 0 Å². The van der Waals surface area contributed by atoms with Gasteiger partial charge in [0.1, 0.15) is 11.5 Å². The van der Waals surface area contributed by atoms with Crippen molar-refractivity contribution in [2.45, 2.75) is 13.5 Å². The number of nitrogens with one attached hydrogen (secondary N) is 1. The summed E-state index contributed by atoms with van der Waals surface area (Å²) in [6.45, 7) is 2.38. The smallest absolute Gasteiger partial charge is 0.255 e. The first kappa shape index (κ1) is 16.5. The Hall–Kier alpha value is -2.38. The van der Waals surface area contributed by atoms with E-state index in [0.717, 1.165) is 20.5 Å². The third-order valence-electron chi connectivity index (χ3n) is 3.41. The molecule has 1 aromatic carbocycles. The summed E-state index contributed by atoms with van der Waals surface area (Å²) < 4.78 is 5.01. The Labute approximate surface area is 147 Å². The van der Waals surface area contributed by atoms with Gasteiger partial charge in [-0.15, -0.1) is 22.7 Å². The van der Waals surface area contributed by atoms with Crippen molar-refractivity contribution in [1.29, 1.82) is 0 Å². The number of thiophene rings is 1. The first-order valence-electron chi connectivity index (χ1n) is 7.23. The molecule has 24 heavy (non-hydrogen) atoms. The molecule has 0 aliphatic carbocycles. The third kappa shape index (κ3) is 3.58. The van der Waals surface area contributed by atoms with E-state index in [0.29, 0.717) is 12.3 Å². The minimum absolute atomic E-state index is 0.100. The van der Waals surface area contributed by atoms with Crippen molar-refractivity contribution in [3.63, 3.8) is 0 Å². The summed E-state index contributed by atoms with van der Waals surface area (Å²) >= 11 is 3.21. The summed E-state index contributed by atoms with van der Waals surface area (Å²) in [6, 6.07) is 8.58. The summed E-state index contributed by atoms with van der Waals surface area (Å²) in [6.07, 6.45) is 0. The lowest BCUT2D eigenvalue weighted by molar-refractivity contribution is 0.0948. The zero-order chi connectivity index (χ0) is 17.1. The van der Waals surface area contributed by atoms with Crippen LogP contribution in [0, 0.1) is 6.92 Å². The van der Waals surface area contributed by atoms with Crippen molar-refractivity contribution in [1.82, 2.24) is 10.3 Å². The van der Waals surface area contributed by atoms with Gasteiger partial charge in [0.15, 0.2) is 0 Å². The Morgan fingerprint density at radius 3 is 2.83 bits per heavy atom. The Morgan fingerprint density at radius 2 is 2.17 bits per heavy atom. The van der Waals surface area contributed by atoms with Gasteiger partial charge in [-0.2, -0.15) is 0 Å². The first-order chi connectivity index (χ1) is 11.6. The number of rotatable bonds is 5. The van der Waals surface area contributed by atoms with Gasteiger partial charge in [-0.3, -0.25) is 4.79 Å². The van der Waals surface area contributed by atoms with E-state index in [-0.39, 0.29) is 17.2 Å². The minimum Gasteiger partial charge on any atom is -0.507 e. The van der Waals surface area contributed by atoms with Gasteiger partial charge < -0.3 is 15.2 Å². The zero-order valence-electron chi connectivity index (χ0n) is 13.2. The highest BCUT2D eigenvalue weighted by atomic mass is 32.1. The molecule has 0 spiro atoms. The van der Waals surface area contributed by atoms with Gasteiger partial charge in [0.25, 0.3) is 5.91 Å². The van der Waals surface area contributed by atoms with Crippen LogP contribution in [0.1, 0.15) is 20.2 Å². The molecule has 2 N–H and O–H groups in total. The Balaban J connectivity index is 1.65. The number of hydrogen-bond donors (Lipinski definition) is 2. The average molecular weight is 360 g/mol. The lowest BCUT2D eigenvalue weighted by atomic mass is 10.2. The summed E-state index contributed by atoms with van der Waals surface area (Å²) in [5.74, 6) is 0.0803. The van der Waals surface area contributed by atoms with Crippen LogP contribution in [-0.2, 0) is 6.54 Å². The Bertz CT molecular complexity index is 870. The van der Waals surface area contributed by atoms with E-state index < -0.39 is 0 Å². The zero-order valence-corrected chi connectivity index (χ0v) is 14.8. The quantitative estimate of drug-likeness (QED) is 0.725. The molecule has 7 heteroatoms. The van der Waals surface area contributed by atoms with Crippen molar-refractivity contribution in [2.75, 3.05) is 7.11 Å². The van der Waals surface area contributed by atoms with Gasteiger partial charge >= 0.3 is 0 Å². The van der Waals surface area contributed by atoms with E-state index in [1.807, 2.05) is 24.4 Å². The Kier molecular flexibility index (Phi) is 4.82. The molecule has 0 aliphatic rings. The van der Waals surface area contributed by atoms with Crippen LogP contribution in [0.5, 0.6) is 11.5 Å². The van der Waals surface area contributed by atoms with Crippen LogP contribution in [0.25, 0.3) is 10.6 Å². The van der Waals surface area contributed by atoms with Crippen LogP contribution in [0.2, 0.25) is 0 Å². The highest BCUT2D eigenvalue weighted by Gasteiger charge is 2.13. The molecule has 3 rings (SSSR count). The van der Waals surface area contributed by atoms with E-state index in [9.17, 15) is 9.90 Å². The number of ether oxygens (including phenoxy) is 1. The molecule has 2 aromatic heterocycles. The SMILES string of the molecule is COc1ccc(C(=O)NCc2ccc(-c3csc(C)n3)s2)c(O)c1. The monoisotopic (exact) mass is 360 g/mol. The fraction of sp³-hybridized carbons (Fsp3) is 0.176. The number of aromatic nitrogens is 1. The van der Waals surface area contributed by atoms with E-state index >= 15 is 0 Å². The lowest BCUT2D eigenvalue weighted by Crippen LogP contribution is -2.22. The van der Waals surface area contributed by atoms with E-state index in [2.05, 4.69) is 10.3 Å². The van der Waals surface area contributed by atoms with E-state index in [4.69, 9.17) is 4.74 Å². The maximum Gasteiger partial charge on any atom is 0.255 e. The molecular formula is C17H16N2O3S2. The van der Waals surface area contributed by atoms with Crippen LogP contribution in [-0.4, -0.2) is 23.1 Å². The number of thiazole rings is 1. The van der Waals surface area contributed by atoms with Crippen LogP contribution in [0.15, 0.2) is 35.7 Å². The highest BCUT2D eigenvalue weighted by Crippen LogP contribution is 2.29. The average Bonchev–Trinajstić information content (AvgIpc) is 3.21. The second kappa shape index (κ2) is 7.02. The fourth-order valence-electron chi connectivity index (χ4n) is 2.18. The molecule has 0 unspecified atom stereocenters. The molecule has 1 amide bonds. The molecule has 5 nitrogen and oxygen atoms in total. The van der Waals surface area contributed by atoms with Crippen molar-refractivity contribution in [3.05, 3.63) is 51.2 Å². The number of nitrogens with zero attached hydrogens (tertiary/aromatic N) is 1. The van der Waals surface area contributed by atoms with Gasteiger partial charge in [-0.05, 0) is 31.2 Å². The summed E-state index contributed by atoms with van der Waals surface area (Å²) in [4.78, 5) is 18.8. The van der Waals surface area contributed by atoms with Crippen LogP contribution in [0.3, 0.4) is 0 Å². The molecule has 0 fully saturated rings. The molecule has 3 aromatic rings. The van der Waals surface area contributed by atoms with Crippen LogP contribution < -0.4 is 10.1 Å². The van der Waals surface area contributed by atoms with E-state index in [1.54, 1.807) is 34.8 Å². The number of phenols is 1. The molecule has 0 saturated carbocycles. The van der Waals surface area contributed by atoms with Crippen molar-refractivity contribution < 1.29 is 14.6 Å². The molecular weight excluding hydrogens is 344 g/mol. The molecule has 0 aliphatic heterocycles. The van der Waals surface area contributed by atoms with Gasteiger partial charge in [0.2, 0.25) is 0 Å². The summed E-state index contributed by atoms with van der Waals surface area (Å²) in [7, 11) is 1.51. The molecule has 0 atom stereocenters. The number of amides is 1. The van der Waals surface area contributed by atoms with Crippen molar-refractivity contribution in [2.24, 2.45) is 0 Å². The summed E-state index contributed by atoms with van der Waals surface area (Å²) in [5, 5.41) is 15.8. The number of methoxy groups -OCH3 is 1. The summed E-state index contributed by atoms with van der Waals surface area (Å²) in [5.41, 5.74) is 1.19. The number of phenolic OH excluding ortho intramolecular Hbond substituents is 1. The number of aromatic hydroxyl groups is 1. The predicted molar refractivity (Wildman–Crippen MR) is 96.0 cm³/mol. The topological polar surface area (TPSA) is 71.5 Å². The fourth-order valence-corrected chi connectivity index (χ4v) is 3.78. The standard InChI is InChI=1S/C17H16N2O3S2/c1-10-19-14(9-23-10)16-6-4-12(24-16)8-18-17(21)13-5-3-11(22-2)7-15(13)20/h3-7,9,20H,8H2,1-2H3,(H,18,21). The van der Waals surface area contributed by atoms with Gasteiger partial charge in [0.05, 0.1) is 34.8 Å². The second-order valence-corrected chi connectivity index (χ2v) is 7.31. The van der Waals surface area contributed by atoms with E-state index in [1.165, 1.54) is 13.2 Å². The number of benzene rings is 1. The predicted octanol–water partition coefficient (Wildman–Crippen LogP) is 3.82. The number of carbonyl (C=O) groups is 1. The normalized spacial score (nSPS) is 10.6. The van der Waals surface area contributed by atoms with Crippen molar-refractivity contribution in [3.8, 4) is 22.1 Å². The van der Waals surface area contributed by atoms with Crippen molar-refractivity contribution >= 4 is 28.6 Å².